The van der Waals surface area contributed by atoms with Crippen molar-refractivity contribution in [1.29, 1.82) is 0 Å². The summed E-state index contributed by atoms with van der Waals surface area (Å²) >= 11 is 0. The molecule has 1 aromatic carbocycles. The molecular weight excluding hydrogens is 226 g/mol. The van der Waals surface area contributed by atoms with Crippen LogP contribution in [0.4, 0.5) is 0 Å². The Morgan fingerprint density at radius 1 is 1.28 bits per heavy atom. The molecule has 0 amide bonds. The van der Waals surface area contributed by atoms with E-state index in [1.807, 2.05) is 12.1 Å². The Labute approximate surface area is 108 Å². The summed E-state index contributed by atoms with van der Waals surface area (Å²) in [4.78, 5) is 2.41. The van der Waals surface area contributed by atoms with Crippen LogP contribution in [0.25, 0.3) is 5.57 Å². The van der Waals surface area contributed by atoms with Gasteiger partial charge in [0.05, 0.1) is 13.2 Å². The fraction of sp³-hybridized carbons (Fsp3) is 0.467. The number of piperidine rings is 1. The molecule has 3 unspecified atom stereocenters. The lowest BCUT2D eigenvalue weighted by atomic mass is 9.81. The Morgan fingerprint density at radius 3 is 2.78 bits per heavy atom. The van der Waals surface area contributed by atoms with Crippen molar-refractivity contribution in [2.24, 2.45) is 5.92 Å². The largest absolute Gasteiger partial charge is 0.497 e. The van der Waals surface area contributed by atoms with Gasteiger partial charge >= 0.3 is 0 Å². The third kappa shape index (κ3) is 2.04. The topological polar surface area (TPSA) is 32.7 Å². The molecule has 96 valence electrons. The van der Waals surface area contributed by atoms with E-state index in [0.29, 0.717) is 0 Å². The number of nitrogens with zero attached hydrogens (tertiary/aromatic N) is 1. The highest BCUT2D eigenvalue weighted by molar-refractivity contribution is 5.69. The maximum absolute atomic E-state index is 10.2. The summed E-state index contributed by atoms with van der Waals surface area (Å²) in [6.07, 6.45) is 2.95. The number of ether oxygens (including phenoxy) is 1. The summed E-state index contributed by atoms with van der Waals surface area (Å²) in [5.74, 6) is 1.14. The highest BCUT2D eigenvalue weighted by atomic mass is 16.5. The van der Waals surface area contributed by atoms with Gasteiger partial charge in [0.2, 0.25) is 0 Å². The molecule has 0 saturated carbocycles. The van der Waals surface area contributed by atoms with Gasteiger partial charge in [0, 0.05) is 25.6 Å². The first-order valence-electron chi connectivity index (χ1n) is 6.53. The minimum absolute atomic E-state index is 0.199. The van der Waals surface area contributed by atoms with E-state index in [1.54, 1.807) is 7.11 Å². The zero-order valence-corrected chi connectivity index (χ0v) is 10.7. The number of aliphatic hydroxyl groups excluding tert-OH is 1. The van der Waals surface area contributed by atoms with Crippen LogP contribution in [-0.4, -0.2) is 42.9 Å². The number of hydrogen-bond acceptors (Lipinski definition) is 3. The van der Waals surface area contributed by atoms with Crippen molar-refractivity contribution in [2.75, 3.05) is 26.7 Å². The molecule has 2 bridgehead atoms. The van der Waals surface area contributed by atoms with Gasteiger partial charge in [0.15, 0.2) is 0 Å². The summed E-state index contributed by atoms with van der Waals surface area (Å²) in [5, 5.41) is 10.2. The number of rotatable bonds is 2. The van der Waals surface area contributed by atoms with Crippen molar-refractivity contribution in [2.45, 2.75) is 12.5 Å². The molecule has 2 aliphatic rings. The predicted molar refractivity (Wildman–Crippen MR) is 71.5 cm³/mol. The smallest absolute Gasteiger partial charge is 0.118 e. The molecule has 1 N–H and O–H groups in total. The molecule has 0 spiro atoms. The quantitative estimate of drug-likeness (QED) is 0.862. The second kappa shape index (κ2) is 4.75. The Bertz CT molecular complexity index is 452. The minimum Gasteiger partial charge on any atom is -0.497 e. The Hall–Kier alpha value is -1.32. The first kappa shape index (κ1) is 11.8. The summed E-state index contributed by atoms with van der Waals surface area (Å²) in [6.45, 7) is 3.01. The Morgan fingerprint density at radius 2 is 2.06 bits per heavy atom. The fourth-order valence-electron chi connectivity index (χ4n) is 2.97. The van der Waals surface area contributed by atoms with Gasteiger partial charge in [-0.1, -0.05) is 18.2 Å². The minimum atomic E-state index is -0.199. The van der Waals surface area contributed by atoms with E-state index in [9.17, 15) is 5.11 Å². The van der Waals surface area contributed by atoms with Crippen molar-refractivity contribution < 1.29 is 9.84 Å². The Balaban J connectivity index is 1.90. The summed E-state index contributed by atoms with van der Waals surface area (Å²) in [5.41, 5.74) is 2.50. The summed E-state index contributed by atoms with van der Waals surface area (Å²) in [7, 11) is 1.68. The van der Waals surface area contributed by atoms with E-state index < -0.39 is 0 Å². The Kier molecular flexibility index (Phi) is 3.10. The highest BCUT2D eigenvalue weighted by Gasteiger charge is 2.33. The van der Waals surface area contributed by atoms with Crippen LogP contribution in [0.3, 0.4) is 0 Å². The van der Waals surface area contributed by atoms with Crippen LogP contribution < -0.4 is 4.74 Å². The molecule has 1 fully saturated rings. The molecule has 3 heteroatoms. The lowest BCUT2D eigenvalue weighted by Gasteiger charge is -2.40. The average Bonchev–Trinajstić information content (AvgIpc) is 2.44. The molecular formula is C15H19NO2. The van der Waals surface area contributed by atoms with Crippen LogP contribution in [0.5, 0.6) is 5.75 Å². The van der Waals surface area contributed by atoms with Crippen LogP contribution in [0.2, 0.25) is 0 Å². The average molecular weight is 245 g/mol. The van der Waals surface area contributed by atoms with E-state index in [0.717, 1.165) is 31.8 Å². The van der Waals surface area contributed by atoms with Gasteiger partial charge in [0.1, 0.15) is 5.75 Å². The maximum Gasteiger partial charge on any atom is 0.118 e. The van der Waals surface area contributed by atoms with Gasteiger partial charge in [-0.2, -0.15) is 0 Å². The van der Waals surface area contributed by atoms with E-state index in [1.165, 1.54) is 11.1 Å². The first-order chi connectivity index (χ1) is 8.78. The number of fused-ring (bicyclic) bond motifs is 2. The molecule has 0 aliphatic carbocycles. The first-order valence-corrected chi connectivity index (χ1v) is 6.53. The number of hydrogen-bond donors (Lipinski definition) is 1. The number of benzene rings is 1. The van der Waals surface area contributed by atoms with E-state index in [-0.39, 0.29) is 12.0 Å². The zero-order valence-electron chi connectivity index (χ0n) is 10.7. The lowest BCUT2D eigenvalue weighted by Crippen LogP contribution is -2.46. The molecule has 3 atom stereocenters. The molecule has 2 heterocycles. The summed E-state index contributed by atoms with van der Waals surface area (Å²) < 4.78 is 5.18. The number of methoxy groups -OCH3 is 1. The van der Waals surface area contributed by atoms with Gasteiger partial charge in [-0.15, -0.1) is 0 Å². The molecule has 1 saturated heterocycles. The van der Waals surface area contributed by atoms with Crippen LogP contribution in [0, 0.1) is 5.92 Å². The predicted octanol–water partition coefficient (Wildman–Crippen LogP) is 1.77. The third-order valence-electron chi connectivity index (χ3n) is 4.05. The van der Waals surface area contributed by atoms with Crippen LogP contribution >= 0.6 is 0 Å². The van der Waals surface area contributed by atoms with Crippen molar-refractivity contribution in [1.82, 2.24) is 4.90 Å². The molecule has 3 rings (SSSR count). The highest BCUT2D eigenvalue weighted by Crippen LogP contribution is 2.34. The lowest BCUT2D eigenvalue weighted by molar-refractivity contribution is 0.0509. The SMILES string of the molecule is COc1ccc(C2=CCN3CCC(O)C2C3)cc1. The number of aliphatic hydroxyl groups is 1. The van der Waals surface area contributed by atoms with Crippen LogP contribution in [0.1, 0.15) is 12.0 Å². The monoisotopic (exact) mass is 245 g/mol. The molecule has 0 radical (unpaired) electrons. The van der Waals surface area contributed by atoms with Gasteiger partial charge in [0.25, 0.3) is 0 Å². The molecule has 0 aromatic heterocycles. The molecule has 3 nitrogen and oxygen atoms in total. The van der Waals surface area contributed by atoms with E-state index in [2.05, 4.69) is 23.1 Å². The van der Waals surface area contributed by atoms with Gasteiger partial charge in [-0.05, 0) is 29.7 Å². The standard InChI is InChI=1S/C15H19NO2/c1-18-12-4-2-11(3-5-12)13-6-8-16-9-7-15(17)14(13)10-16/h2-6,14-15,17H,7-10H2,1H3. The fourth-order valence-corrected chi connectivity index (χ4v) is 2.97. The molecule has 2 aliphatic heterocycles. The summed E-state index contributed by atoms with van der Waals surface area (Å²) in [6, 6.07) is 8.14. The van der Waals surface area contributed by atoms with Crippen molar-refractivity contribution >= 4 is 5.57 Å². The van der Waals surface area contributed by atoms with Gasteiger partial charge < -0.3 is 9.84 Å². The van der Waals surface area contributed by atoms with Crippen molar-refractivity contribution in [3.8, 4) is 5.75 Å². The normalized spacial score (nSPS) is 30.8. The van der Waals surface area contributed by atoms with Crippen LogP contribution in [0.15, 0.2) is 30.3 Å². The van der Waals surface area contributed by atoms with Gasteiger partial charge in [-0.3, -0.25) is 4.90 Å². The molecule has 18 heavy (non-hydrogen) atoms. The van der Waals surface area contributed by atoms with Crippen molar-refractivity contribution in [3.05, 3.63) is 35.9 Å². The van der Waals surface area contributed by atoms with Crippen LogP contribution in [-0.2, 0) is 0 Å². The third-order valence-corrected chi connectivity index (χ3v) is 4.05. The zero-order chi connectivity index (χ0) is 12.5. The van der Waals surface area contributed by atoms with E-state index in [4.69, 9.17) is 4.74 Å². The van der Waals surface area contributed by atoms with E-state index >= 15 is 0 Å². The maximum atomic E-state index is 10.2. The molecule has 1 aromatic rings. The second-order valence-corrected chi connectivity index (χ2v) is 5.11. The van der Waals surface area contributed by atoms with Gasteiger partial charge in [-0.25, -0.2) is 0 Å². The van der Waals surface area contributed by atoms with Crippen molar-refractivity contribution in [3.63, 3.8) is 0 Å². The second-order valence-electron chi connectivity index (χ2n) is 5.11.